The van der Waals surface area contributed by atoms with Crippen molar-refractivity contribution in [2.45, 2.75) is 59.1 Å². The number of ketones is 1. The number of carbonyl (C=O) groups excluding carboxylic acids is 2. The van der Waals surface area contributed by atoms with E-state index in [2.05, 4.69) is 12.2 Å². The number of nitrogens with one attached hydrogen (secondary N) is 1. The van der Waals surface area contributed by atoms with E-state index < -0.39 is 17.7 Å². The zero-order chi connectivity index (χ0) is 13.2. The van der Waals surface area contributed by atoms with Gasteiger partial charge in [0.15, 0.2) is 5.78 Å². The lowest BCUT2D eigenvalue weighted by Crippen LogP contribution is -2.41. The fraction of sp³-hybridized carbons (Fsp3) is 0.846. The molecule has 0 spiro atoms. The van der Waals surface area contributed by atoms with Crippen molar-refractivity contribution >= 4 is 11.9 Å². The summed E-state index contributed by atoms with van der Waals surface area (Å²) in [6, 6.07) is -0.461. The zero-order valence-electron chi connectivity index (χ0n) is 11.4. The van der Waals surface area contributed by atoms with Crippen LogP contribution in [0.25, 0.3) is 0 Å². The molecular weight excluding hydrogens is 218 g/mol. The molecule has 0 aromatic carbocycles. The Hall–Kier alpha value is -1.06. The van der Waals surface area contributed by atoms with Gasteiger partial charge >= 0.3 is 6.09 Å². The molecule has 1 saturated carbocycles. The first kappa shape index (κ1) is 14.0. The number of ether oxygens (including phenoxy) is 1. The Kier molecular flexibility index (Phi) is 4.17. The number of rotatable bonds is 4. The molecule has 1 N–H and O–H groups in total. The first-order valence-electron chi connectivity index (χ1n) is 6.21. The summed E-state index contributed by atoms with van der Waals surface area (Å²) in [6.07, 6.45) is 1.17. The molecule has 1 rings (SSSR count). The quantitative estimate of drug-likeness (QED) is 0.822. The molecule has 0 aliphatic heterocycles. The van der Waals surface area contributed by atoms with Gasteiger partial charge in [-0.2, -0.15) is 0 Å². The van der Waals surface area contributed by atoms with Gasteiger partial charge < -0.3 is 10.1 Å². The summed E-state index contributed by atoms with van der Waals surface area (Å²) in [5.74, 6) is 1.27. The third kappa shape index (κ3) is 5.20. The van der Waals surface area contributed by atoms with E-state index in [1.54, 1.807) is 27.7 Å². The maximum Gasteiger partial charge on any atom is 0.408 e. The number of alkyl carbamates (subject to hydrolysis) is 1. The second kappa shape index (κ2) is 5.07. The molecule has 4 nitrogen and oxygen atoms in total. The molecule has 3 atom stereocenters. The van der Waals surface area contributed by atoms with E-state index in [-0.39, 0.29) is 5.78 Å². The van der Waals surface area contributed by atoms with Crippen molar-refractivity contribution in [2.24, 2.45) is 11.8 Å². The van der Waals surface area contributed by atoms with Crippen LogP contribution in [0.1, 0.15) is 47.5 Å². The highest BCUT2D eigenvalue weighted by molar-refractivity contribution is 5.87. The van der Waals surface area contributed by atoms with E-state index in [1.165, 1.54) is 0 Å². The van der Waals surface area contributed by atoms with Gasteiger partial charge in [0.05, 0.1) is 6.04 Å². The minimum atomic E-state index is -0.530. The van der Waals surface area contributed by atoms with Crippen LogP contribution in [-0.4, -0.2) is 23.5 Å². The molecule has 0 aromatic heterocycles. The lowest BCUT2D eigenvalue weighted by Gasteiger charge is -2.21. The van der Waals surface area contributed by atoms with Gasteiger partial charge in [0, 0.05) is 6.42 Å². The molecule has 0 radical (unpaired) electrons. The average molecular weight is 241 g/mol. The van der Waals surface area contributed by atoms with Crippen LogP contribution >= 0.6 is 0 Å². The molecule has 0 aromatic rings. The summed E-state index contributed by atoms with van der Waals surface area (Å²) >= 11 is 0. The molecule has 17 heavy (non-hydrogen) atoms. The monoisotopic (exact) mass is 241 g/mol. The van der Waals surface area contributed by atoms with Crippen LogP contribution in [0.5, 0.6) is 0 Å². The molecule has 0 bridgehead atoms. The van der Waals surface area contributed by atoms with Gasteiger partial charge in [0.2, 0.25) is 0 Å². The molecule has 1 aliphatic carbocycles. The molecule has 2 unspecified atom stereocenters. The molecule has 1 fully saturated rings. The Balaban J connectivity index is 2.30. The molecule has 4 heteroatoms. The van der Waals surface area contributed by atoms with Crippen LogP contribution in [-0.2, 0) is 9.53 Å². The Bertz CT molecular complexity index is 306. The van der Waals surface area contributed by atoms with Crippen LogP contribution in [0, 0.1) is 11.8 Å². The van der Waals surface area contributed by atoms with Gasteiger partial charge in [0.1, 0.15) is 5.60 Å². The fourth-order valence-corrected chi connectivity index (χ4v) is 1.68. The first-order chi connectivity index (χ1) is 7.69. The molecule has 98 valence electrons. The topological polar surface area (TPSA) is 55.4 Å². The fourth-order valence-electron chi connectivity index (χ4n) is 1.68. The van der Waals surface area contributed by atoms with Crippen LogP contribution in [0.15, 0.2) is 0 Å². The molecular formula is C13H23NO3. The SMILES string of the molecule is CC1CC1CC(=O)[C@H](C)NC(=O)OC(C)(C)C. The molecule has 0 heterocycles. The van der Waals surface area contributed by atoms with Crippen LogP contribution in [0.2, 0.25) is 0 Å². The summed E-state index contributed by atoms with van der Waals surface area (Å²) in [5, 5.41) is 2.57. The van der Waals surface area contributed by atoms with E-state index >= 15 is 0 Å². The van der Waals surface area contributed by atoms with Crippen LogP contribution in [0.3, 0.4) is 0 Å². The Morgan fingerprint density at radius 2 is 1.94 bits per heavy atom. The van der Waals surface area contributed by atoms with Crippen molar-refractivity contribution in [1.82, 2.24) is 5.32 Å². The number of hydrogen-bond acceptors (Lipinski definition) is 3. The van der Waals surface area contributed by atoms with Gasteiger partial charge in [-0.25, -0.2) is 4.79 Å². The molecule has 0 saturated heterocycles. The standard InChI is InChI=1S/C13H23NO3/c1-8-6-10(8)7-11(15)9(2)14-12(16)17-13(3,4)5/h8-10H,6-7H2,1-5H3,(H,14,16)/t8?,9-,10?/m0/s1. The summed E-state index contributed by atoms with van der Waals surface area (Å²) < 4.78 is 5.10. The number of hydrogen-bond donors (Lipinski definition) is 1. The van der Waals surface area contributed by atoms with Crippen molar-refractivity contribution in [3.8, 4) is 0 Å². The maximum atomic E-state index is 11.8. The Morgan fingerprint density at radius 3 is 2.35 bits per heavy atom. The molecule has 1 amide bonds. The smallest absolute Gasteiger partial charge is 0.408 e. The second-order valence-electron chi connectivity index (χ2n) is 6.01. The Labute approximate surface area is 103 Å². The van der Waals surface area contributed by atoms with E-state index in [4.69, 9.17) is 4.74 Å². The second-order valence-corrected chi connectivity index (χ2v) is 6.01. The third-order valence-electron chi connectivity index (χ3n) is 2.96. The first-order valence-corrected chi connectivity index (χ1v) is 6.21. The predicted molar refractivity (Wildman–Crippen MR) is 65.7 cm³/mol. The summed E-state index contributed by atoms with van der Waals surface area (Å²) in [6.45, 7) is 9.24. The summed E-state index contributed by atoms with van der Waals surface area (Å²) in [5.41, 5.74) is -0.530. The van der Waals surface area contributed by atoms with E-state index in [0.717, 1.165) is 6.42 Å². The summed E-state index contributed by atoms with van der Waals surface area (Å²) in [7, 11) is 0. The Morgan fingerprint density at radius 1 is 1.41 bits per heavy atom. The van der Waals surface area contributed by atoms with Crippen molar-refractivity contribution in [1.29, 1.82) is 0 Å². The normalized spacial score (nSPS) is 25.0. The van der Waals surface area contributed by atoms with E-state index in [9.17, 15) is 9.59 Å². The van der Waals surface area contributed by atoms with E-state index in [1.807, 2.05) is 0 Å². The number of Topliss-reactive ketones (excluding diaryl/α,β-unsaturated/α-hetero) is 1. The van der Waals surface area contributed by atoms with Crippen LogP contribution < -0.4 is 5.32 Å². The molecule has 1 aliphatic rings. The summed E-state index contributed by atoms with van der Waals surface area (Å²) in [4.78, 5) is 23.2. The minimum Gasteiger partial charge on any atom is -0.444 e. The number of carbonyl (C=O) groups is 2. The lowest BCUT2D eigenvalue weighted by atomic mass is 10.1. The van der Waals surface area contributed by atoms with Gasteiger partial charge in [-0.1, -0.05) is 6.92 Å². The van der Waals surface area contributed by atoms with Gasteiger partial charge in [-0.3, -0.25) is 4.79 Å². The maximum absolute atomic E-state index is 11.8. The van der Waals surface area contributed by atoms with Crippen molar-refractivity contribution in [2.75, 3.05) is 0 Å². The zero-order valence-corrected chi connectivity index (χ0v) is 11.4. The highest BCUT2D eigenvalue weighted by atomic mass is 16.6. The lowest BCUT2D eigenvalue weighted by molar-refractivity contribution is -0.121. The highest BCUT2D eigenvalue weighted by Crippen LogP contribution is 2.40. The average Bonchev–Trinajstić information content (AvgIpc) is 2.77. The number of amides is 1. The minimum absolute atomic E-state index is 0.0882. The van der Waals surface area contributed by atoms with E-state index in [0.29, 0.717) is 18.3 Å². The van der Waals surface area contributed by atoms with Crippen LogP contribution in [0.4, 0.5) is 4.79 Å². The van der Waals surface area contributed by atoms with Gasteiger partial charge in [0.25, 0.3) is 0 Å². The predicted octanol–water partition coefficient (Wildman–Crippen LogP) is 2.51. The highest BCUT2D eigenvalue weighted by Gasteiger charge is 2.35. The van der Waals surface area contributed by atoms with Crippen molar-refractivity contribution in [3.05, 3.63) is 0 Å². The van der Waals surface area contributed by atoms with Crippen molar-refractivity contribution in [3.63, 3.8) is 0 Å². The largest absolute Gasteiger partial charge is 0.444 e. The van der Waals surface area contributed by atoms with Gasteiger partial charge in [-0.05, 0) is 46.0 Å². The van der Waals surface area contributed by atoms with Gasteiger partial charge in [-0.15, -0.1) is 0 Å². The third-order valence-corrected chi connectivity index (χ3v) is 2.96. The van der Waals surface area contributed by atoms with Crippen molar-refractivity contribution < 1.29 is 14.3 Å².